The number of rotatable bonds is 7. The molecule has 2 aromatic rings. The highest BCUT2D eigenvalue weighted by Gasteiger charge is 2.36. The third-order valence-electron chi connectivity index (χ3n) is 8.49. The number of nitriles is 1. The fourth-order valence-corrected chi connectivity index (χ4v) is 6.10. The maximum Gasteiger partial charge on any atom is 0.251 e. The summed E-state index contributed by atoms with van der Waals surface area (Å²) in [5.41, 5.74) is 7.18. The first-order valence-corrected chi connectivity index (χ1v) is 13.7. The van der Waals surface area contributed by atoms with Crippen molar-refractivity contribution in [3.8, 4) is 6.07 Å². The van der Waals surface area contributed by atoms with Gasteiger partial charge in [0.2, 0.25) is 0 Å². The highest BCUT2D eigenvalue weighted by molar-refractivity contribution is 5.95. The van der Waals surface area contributed by atoms with Crippen molar-refractivity contribution in [2.75, 3.05) is 19.6 Å². The Hall–Kier alpha value is -3.21. The minimum Gasteiger partial charge on any atom is -0.394 e. The third kappa shape index (κ3) is 5.56. The Balaban J connectivity index is 1.26. The maximum absolute atomic E-state index is 13.6. The molecule has 0 bridgehead atoms. The van der Waals surface area contributed by atoms with E-state index in [-0.39, 0.29) is 11.4 Å². The van der Waals surface area contributed by atoms with Gasteiger partial charge < -0.3 is 15.1 Å². The van der Waals surface area contributed by atoms with Gasteiger partial charge in [-0.2, -0.15) is 5.26 Å². The van der Waals surface area contributed by atoms with Crippen molar-refractivity contribution in [3.05, 3.63) is 70.3 Å². The standard InChI is InChI=1S/C30H37N5O2/c1-2-30(32-22-37-34-30)27-8-6-7-26(20-27)28(36)33-29(13-4-3-5-14-29)15-18-35-16-11-24-10-9-23(21-31)19-25(24)12-17-35/h6-10,19-20,22,34H,2-5,11-18H2,1H3,(H,33,36). The Morgan fingerprint density at radius 3 is 2.68 bits per heavy atom. The van der Waals surface area contributed by atoms with Crippen LogP contribution in [0.4, 0.5) is 0 Å². The molecule has 2 aliphatic heterocycles. The molecular formula is C30H37N5O2. The molecule has 1 aliphatic carbocycles. The number of hydrogen-bond donors (Lipinski definition) is 2. The summed E-state index contributed by atoms with van der Waals surface area (Å²) in [7, 11) is 0. The average Bonchev–Trinajstić information content (AvgIpc) is 3.35. The highest BCUT2D eigenvalue weighted by Crippen LogP contribution is 2.33. The van der Waals surface area contributed by atoms with Gasteiger partial charge in [-0.15, -0.1) is 5.48 Å². The van der Waals surface area contributed by atoms with Gasteiger partial charge in [-0.1, -0.05) is 44.4 Å². The van der Waals surface area contributed by atoms with Crippen molar-refractivity contribution in [2.45, 2.75) is 75.9 Å². The smallest absolute Gasteiger partial charge is 0.251 e. The third-order valence-corrected chi connectivity index (χ3v) is 8.49. The first kappa shape index (κ1) is 25.4. The lowest BCUT2D eigenvalue weighted by Crippen LogP contribution is -2.51. The predicted octanol–water partition coefficient (Wildman–Crippen LogP) is 4.61. The van der Waals surface area contributed by atoms with Gasteiger partial charge in [0.15, 0.2) is 12.1 Å². The number of hydroxylamine groups is 1. The molecular weight excluding hydrogens is 462 g/mol. The molecule has 7 nitrogen and oxygen atoms in total. The van der Waals surface area contributed by atoms with E-state index in [1.807, 2.05) is 37.3 Å². The molecule has 2 N–H and O–H groups in total. The van der Waals surface area contributed by atoms with E-state index in [0.717, 1.165) is 82.1 Å². The molecule has 2 aromatic carbocycles. The lowest BCUT2D eigenvalue weighted by atomic mass is 9.78. The fourth-order valence-electron chi connectivity index (χ4n) is 6.10. The normalized spacial score (nSPS) is 22.9. The molecule has 2 heterocycles. The average molecular weight is 500 g/mol. The molecule has 1 atom stereocenters. The van der Waals surface area contributed by atoms with Crippen LogP contribution in [0.25, 0.3) is 0 Å². The van der Waals surface area contributed by atoms with Gasteiger partial charge in [0.1, 0.15) is 0 Å². The van der Waals surface area contributed by atoms with Crippen LogP contribution in [0.15, 0.2) is 47.5 Å². The van der Waals surface area contributed by atoms with Crippen LogP contribution in [0.3, 0.4) is 0 Å². The zero-order valence-electron chi connectivity index (χ0n) is 21.8. The second kappa shape index (κ2) is 11.0. The summed E-state index contributed by atoms with van der Waals surface area (Å²) in [5, 5.41) is 12.8. The van der Waals surface area contributed by atoms with Crippen molar-refractivity contribution in [1.82, 2.24) is 15.7 Å². The van der Waals surface area contributed by atoms with Gasteiger partial charge in [0.25, 0.3) is 5.91 Å². The van der Waals surface area contributed by atoms with Crippen molar-refractivity contribution >= 4 is 12.3 Å². The van der Waals surface area contributed by atoms with Crippen LogP contribution < -0.4 is 10.8 Å². The SMILES string of the molecule is CCC1(c2cccc(C(=O)NC3(CCN4CCc5ccc(C#N)cc5CC4)CCCCC3)c2)N=CON1. The van der Waals surface area contributed by atoms with Gasteiger partial charge in [-0.25, -0.2) is 4.99 Å². The number of aliphatic imine (C=N–C) groups is 1. The molecule has 5 rings (SSSR count). The van der Waals surface area contributed by atoms with E-state index >= 15 is 0 Å². The largest absolute Gasteiger partial charge is 0.394 e. The molecule has 37 heavy (non-hydrogen) atoms. The Morgan fingerprint density at radius 2 is 1.95 bits per heavy atom. The monoisotopic (exact) mass is 499 g/mol. The van der Waals surface area contributed by atoms with Crippen molar-refractivity contribution < 1.29 is 9.63 Å². The Kier molecular flexibility index (Phi) is 7.59. The van der Waals surface area contributed by atoms with E-state index in [0.29, 0.717) is 5.56 Å². The Morgan fingerprint density at radius 1 is 1.14 bits per heavy atom. The topological polar surface area (TPSA) is 89.8 Å². The first-order chi connectivity index (χ1) is 18.0. The van der Waals surface area contributed by atoms with Crippen LogP contribution in [0.1, 0.15) is 84.5 Å². The number of nitrogens with one attached hydrogen (secondary N) is 2. The number of carbonyl (C=O) groups is 1. The van der Waals surface area contributed by atoms with Crippen LogP contribution in [-0.2, 0) is 23.3 Å². The molecule has 194 valence electrons. The first-order valence-electron chi connectivity index (χ1n) is 13.7. The van der Waals surface area contributed by atoms with Crippen molar-refractivity contribution in [2.24, 2.45) is 4.99 Å². The summed E-state index contributed by atoms with van der Waals surface area (Å²) >= 11 is 0. The summed E-state index contributed by atoms with van der Waals surface area (Å²) in [6, 6.07) is 16.1. The number of amides is 1. The van der Waals surface area contributed by atoms with Gasteiger partial charge in [-0.05, 0) is 79.5 Å². The van der Waals surface area contributed by atoms with Gasteiger partial charge >= 0.3 is 0 Å². The minimum atomic E-state index is -0.642. The van der Waals surface area contributed by atoms with E-state index in [1.54, 1.807) is 0 Å². The molecule has 0 aromatic heterocycles. The molecule has 1 amide bonds. The number of hydrogen-bond acceptors (Lipinski definition) is 6. The maximum atomic E-state index is 13.6. The number of fused-ring (bicyclic) bond motifs is 1. The molecule has 0 saturated heterocycles. The van der Waals surface area contributed by atoms with Gasteiger partial charge in [0, 0.05) is 30.7 Å². The predicted molar refractivity (Wildman–Crippen MR) is 144 cm³/mol. The van der Waals surface area contributed by atoms with Gasteiger partial charge in [-0.3, -0.25) is 4.79 Å². The number of nitrogens with zero attached hydrogens (tertiary/aromatic N) is 3. The second-order valence-electron chi connectivity index (χ2n) is 10.7. The van der Waals surface area contributed by atoms with Crippen LogP contribution in [-0.4, -0.2) is 42.4 Å². The van der Waals surface area contributed by atoms with Crippen LogP contribution in [0.2, 0.25) is 0 Å². The molecule has 1 unspecified atom stereocenters. The van der Waals surface area contributed by atoms with E-state index in [9.17, 15) is 10.1 Å². The second-order valence-corrected chi connectivity index (χ2v) is 10.7. The van der Waals surface area contributed by atoms with Gasteiger partial charge in [0.05, 0.1) is 11.6 Å². The highest BCUT2D eigenvalue weighted by atomic mass is 16.7. The summed E-state index contributed by atoms with van der Waals surface area (Å²) in [6.45, 7) is 5.02. The molecule has 3 aliphatic rings. The van der Waals surface area contributed by atoms with E-state index in [2.05, 4.69) is 38.9 Å². The van der Waals surface area contributed by atoms with Crippen LogP contribution in [0, 0.1) is 11.3 Å². The molecule has 1 fully saturated rings. The summed E-state index contributed by atoms with van der Waals surface area (Å²) in [4.78, 5) is 25.8. The molecule has 0 spiro atoms. The van der Waals surface area contributed by atoms with Crippen molar-refractivity contribution in [1.29, 1.82) is 5.26 Å². The lowest BCUT2D eigenvalue weighted by Gasteiger charge is -2.40. The van der Waals surface area contributed by atoms with Crippen molar-refractivity contribution in [3.63, 3.8) is 0 Å². The Labute approximate surface area is 219 Å². The summed E-state index contributed by atoms with van der Waals surface area (Å²) in [5.74, 6) is -0.00907. The zero-order chi connectivity index (χ0) is 25.7. The van der Waals surface area contributed by atoms with E-state index in [4.69, 9.17) is 4.84 Å². The summed E-state index contributed by atoms with van der Waals surface area (Å²) in [6.07, 6.45) is 10.7. The van der Waals surface area contributed by atoms with Crippen LogP contribution >= 0.6 is 0 Å². The molecule has 0 radical (unpaired) electrons. The van der Waals surface area contributed by atoms with E-state index in [1.165, 1.54) is 23.9 Å². The minimum absolute atomic E-state index is 0.00907. The fraction of sp³-hybridized carbons (Fsp3) is 0.500. The zero-order valence-corrected chi connectivity index (χ0v) is 21.8. The number of benzene rings is 2. The quantitative estimate of drug-likeness (QED) is 0.581. The molecule has 1 saturated carbocycles. The molecule has 7 heteroatoms. The lowest BCUT2D eigenvalue weighted by molar-refractivity contribution is 0.0843. The van der Waals surface area contributed by atoms with Crippen LogP contribution in [0.5, 0.6) is 0 Å². The number of carbonyl (C=O) groups excluding carboxylic acids is 1. The summed E-state index contributed by atoms with van der Waals surface area (Å²) < 4.78 is 0. The Bertz CT molecular complexity index is 1200. The van der Waals surface area contributed by atoms with E-state index < -0.39 is 5.66 Å².